The van der Waals surface area contributed by atoms with Gasteiger partial charge in [0.05, 0.1) is 24.7 Å². The summed E-state index contributed by atoms with van der Waals surface area (Å²) in [6.07, 6.45) is 8.25. The summed E-state index contributed by atoms with van der Waals surface area (Å²) < 4.78 is 11.2. The third-order valence-electron chi connectivity index (χ3n) is 7.83. The lowest BCUT2D eigenvalue weighted by molar-refractivity contribution is -0.149. The molecule has 0 atom stereocenters. The second-order valence-electron chi connectivity index (χ2n) is 11.8. The molecule has 192 valence electrons. The van der Waals surface area contributed by atoms with Crippen LogP contribution in [0.5, 0.6) is 0 Å². The molecule has 1 saturated carbocycles. The van der Waals surface area contributed by atoms with Crippen molar-refractivity contribution in [2.75, 3.05) is 26.3 Å². The molecule has 1 aliphatic heterocycles. The normalized spacial score (nSPS) is 22.4. The average molecular weight is 480 g/mol. The van der Waals surface area contributed by atoms with Crippen molar-refractivity contribution in [1.82, 2.24) is 4.90 Å². The number of hydrogen-bond donors (Lipinski definition) is 0. The van der Waals surface area contributed by atoms with E-state index in [1.54, 1.807) is 0 Å². The molecule has 1 saturated heterocycles. The highest BCUT2D eigenvalue weighted by molar-refractivity contribution is 5.83. The molecular weight excluding hydrogens is 434 g/mol. The van der Waals surface area contributed by atoms with Crippen molar-refractivity contribution < 1.29 is 14.3 Å². The fourth-order valence-electron chi connectivity index (χ4n) is 5.72. The Morgan fingerprint density at radius 1 is 0.886 bits per heavy atom. The van der Waals surface area contributed by atoms with Crippen LogP contribution in [-0.4, -0.2) is 42.8 Å². The average Bonchev–Trinajstić information content (AvgIpc) is 2.84. The first kappa shape index (κ1) is 26.2. The van der Waals surface area contributed by atoms with Gasteiger partial charge in [0.1, 0.15) is 0 Å². The van der Waals surface area contributed by atoms with Gasteiger partial charge in [0.15, 0.2) is 0 Å². The lowest BCUT2D eigenvalue weighted by Gasteiger charge is -2.31. The van der Waals surface area contributed by atoms with E-state index in [4.69, 9.17) is 9.47 Å². The van der Waals surface area contributed by atoms with Gasteiger partial charge in [-0.3, -0.25) is 9.69 Å². The third kappa shape index (κ3) is 7.79. The van der Waals surface area contributed by atoms with E-state index in [1.807, 2.05) is 6.92 Å². The predicted molar refractivity (Wildman–Crippen MR) is 143 cm³/mol. The largest absolute Gasteiger partial charge is 0.466 e. The van der Waals surface area contributed by atoms with Gasteiger partial charge in [-0.15, -0.1) is 0 Å². The summed E-state index contributed by atoms with van der Waals surface area (Å²) in [6.45, 7) is 12.6. The topological polar surface area (TPSA) is 38.8 Å². The molecule has 0 unspecified atom stereocenters. The zero-order valence-electron chi connectivity index (χ0n) is 22.4. The summed E-state index contributed by atoms with van der Waals surface area (Å²) in [5.41, 5.74) is 2.80. The van der Waals surface area contributed by atoms with E-state index >= 15 is 0 Å². The van der Waals surface area contributed by atoms with E-state index in [0.29, 0.717) is 6.61 Å². The number of fused-ring (bicyclic) bond motifs is 1. The highest BCUT2D eigenvalue weighted by Gasteiger charge is 2.26. The molecule has 0 radical (unpaired) electrons. The molecule has 2 aliphatic rings. The maximum absolute atomic E-state index is 12.0. The fourth-order valence-corrected chi connectivity index (χ4v) is 5.72. The molecule has 35 heavy (non-hydrogen) atoms. The van der Waals surface area contributed by atoms with Crippen LogP contribution in [0.2, 0.25) is 0 Å². The lowest BCUT2D eigenvalue weighted by atomic mass is 9.79. The number of benzene rings is 2. The summed E-state index contributed by atoms with van der Waals surface area (Å²) in [4.78, 5) is 14.5. The van der Waals surface area contributed by atoms with Gasteiger partial charge >= 0.3 is 5.97 Å². The molecule has 0 spiro atoms. The van der Waals surface area contributed by atoms with E-state index in [-0.39, 0.29) is 17.5 Å². The van der Waals surface area contributed by atoms with Crippen molar-refractivity contribution in [2.45, 2.75) is 84.8 Å². The number of ether oxygens (including phenoxy) is 2. The number of hydrogen-bond acceptors (Lipinski definition) is 4. The number of rotatable bonds is 8. The predicted octanol–water partition coefficient (Wildman–Crippen LogP) is 6.78. The van der Waals surface area contributed by atoms with Crippen LogP contribution in [-0.2, 0) is 27.2 Å². The Balaban J connectivity index is 1.26. The third-order valence-corrected chi connectivity index (χ3v) is 7.83. The molecule has 0 bridgehead atoms. The lowest BCUT2D eigenvalue weighted by Crippen LogP contribution is -2.36. The first-order chi connectivity index (χ1) is 16.8. The Hall–Kier alpha value is -1.91. The minimum atomic E-state index is -0.0250. The van der Waals surface area contributed by atoms with Gasteiger partial charge in [0, 0.05) is 6.54 Å². The van der Waals surface area contributed by atoms with Crippen LogP contribution in [0.1, 0.15) is 77.3 Å². The van der Waals surface area contributed by atoms with E-state index < -0.39 is 0 Å². The standard InChI is InChI=1S/C31H45NO3/c1-5-34-30(33)27-14-16-32(17-15-27)21-26-11-13-28-19-25(10-12-29(28)20-26)18-23-6-8-24(9-7-23)22-35-31(2,3)4/h10-13,19-20,23-24,27H,5-9,14-18,21-22H2,1-4H3. The zero-order valence-corrected chi connectivity index (χ0v) is 22.4. The van der Waals surface area contributed by atoms with Gasteiger partial charge in [0.2, 0.25) is 0 Å². The number of piperidine rings is 1. The second kappa shape index (κ2) is 11.9. The van der Waals surface area contributed by atoms with Crippen molar-refractivity contribution in [3.05, 3.63) is 47.5 Å². The van der Waals surface area contributed by atoms with Gasteiger partial charge in [-0.2, -0.15) is 0 Å². The Bertz CT molecular complexity index is 963. The van der Waals surface area contributed by atoms with Crippen molar-refractivity contribution in [3.63, 3.8) is 0 Å². The van der Waals surface area contributed by atoms with Gasteiger partial charge < -0.3 is 9.47 Å². The highest BCUT2D eigenvalue weighted by Crippen LogP contribution is 2.32. The molecule has 2 aromatic carbocycles. The van der Waals surface area contributed by atoms with Crippen molar-refractivity contribution in [3.8, 4) is 0 Å². The minimum Gasteiger partial charge on any atom is -0.466 e. The fraction of sp³-hybridized carbons (Fsp3) is 0.645. The SMILES string of the molecule is CCOC(=O)C1CCN(Cc2ccc3cc(CC4CCC(COC(C)(C)C)CC4)ccc3c2)CC1. The van der Waals surface area contributed by atoms with Crippen LogP contribution < -0.4 is 0 Å². The molecule has 0 aromatic heterocycles. The van der Waals surface area contributed by atoms with Gasteiger partial charge in [-0.1, -0.05) is 30.3 Å². The quantitative estimate of drug-likeness (QED) is 0.391. The molecule has 2 fully saturated rings. The van der Waals surface area contributed by atoms with E-state index in [1.165, 1.54) is 54.0 Å². The molecule has 0 N–H and O–H groups in total. The molecule has 1 aliphatic carbocycles. The van der Waals surface area contributed by atoms with Crippen LogP contribution in [0.15, 0.2) is 36.4 Å². The van der Waals surface area contributed by atoms with Crippen LogP contribution in [0.25, 0.3) is 10.8 Å². The summed E-state index contributed by atoms with van der Waals surface area (Å²) >= 11 is 0. The summed E-state index contributed by atoms with van der Waals surface area (Å²) in [7, 11) is 0. The molecule has 4 heteroatoms. The van der Waals surface area contributed by atoms with E-state index in [0.717, 1.165) is 50.9 Å². The van der Waals surface area contributed by atoms with Gasteiger partial charge in [-0.05, 0) is 126 Å². The van der Waals surface area contributed by atoms with Crippen LogP contribution in [0.4, 0.5) is 0 Å². The number of likely N-dealkylation sites (tertiary alicyclic amines) is 1. The first-order valence-corrected chi connectivity index (χ1v) is 13.8. The Morgan fingerprint density at radius 3 is 2.11 bits per heavy atom. The van der Waals surface area contributed by atoms with Crippen LogP contribution in [0.3, 0.4) is 0 Å². The van der Waals surface area contributed by atoms with Crippen molar-refractivity contribution >= 4 is 16.7 Å². The second-order valence-corrected chi connectivity index (χ2v) is 11.8. The van der Waals surface area contributed by atoms with Crippen LogP contribution >= 0.6 is 0 Å². The van der Waals surface area contributed by atoms with Crippen molar-refractivity contribution in [1.29, 1.82) is 0 Å². The maximum atomic E-state index is 12.0. The molecule has 1 heterocycles. The summed E-state index contributed by atoms with van der Waals surface area (Å²) in [5, 5.41) is 2.68. The Morgan fingerprint density at radius 2 is 1.49 bits per heavy atom. The zero-order chi connectivity index (χ0) is 24.8. The molecule has 0 amide bonds. The maximum Gasteiger partial charge on any atom is 0.309 e. The smallest absolute Gasteiger partial charge is 0.309 e. The number of carbonyl (C=O) groups is 1. The first-order valence-electron chi connectivity index (χ1n) is 13.8. The summed E-state index contributed by atoms with van der Waals surface area (Å²) in [6, 6.07) is 14.0. The molecule has 4 nitrogen and oxygen atoms in total. The van der Waals surface area contributed by atoms with Gasteiger partial charge in [-0.25, -0.2) is 0 Å². The number of esters is 1. The highest BCUT2D eigenvalue weighted by atomic mass is 16.5. The number of carbonyl (C=O) groups excluding carboxylic acids is 1. The summed E-state index contributed by atoms with van der Waals surface area (Å²) in [5.74, 6) is 1.59. The van der Waals surface area contributed by atoms with E-state index in [2.05, 4.69) is 62.1 Å². The number of nitrogens with zero attached hydrogens (tertiary/aromatic N) is 1. The van der Waals surface area contributed by atoms with Crippen molar-refractivity contribution in [2.24, 2.45) is 17.8 Å². The monoisotopic (exact) mass is 479 g/mol. The van der Waals surface area contributed by atoms with Gasteiger partial charge in [0.25, 0.3) is 0 Å². The van der Waals surface area contributed by atoms with E-state index in [9.17, 15) is 4.79 Å². The Labute approximate surface area is 212 Å². The Kier molecular flexibility index (Phi) is 8.88. The molecule has 2 aromatic rings. The minimum absolute atomic E-state index is 0.0174. The van der Waals surface area contributed by atoms with Crippen LogP contribution in [0, 0.1) is 17.8 Å². The molecular formula is C31H45NO3. The molecule has 4 rings (SSSR count).